The van der Waals surface area contributed by atoms with Crippen molar-refractivity contribution in [2.24, 2.45) is 0 Å². The van der Waals surface area contributed by atoms with Crippen LogP contribution < -0.4 is 4.74 Å². The van der Waals surface area contributed by atoms with E-state index in [-0.39, 0.29) is 17.1 Å². The third-order valence-electron chi connectivity index (χ3n) is 3.52. The lowest BCUT2D eigenvalue weighted by Gasteiger charge is -2.32. The van der Waals surface area contributed by atoms with Crippen LogP contribution in [0.2, 0.25) is 0 Å². The zero-order valence-electron chi connectivity index (χ0n) is 12.2. The van der Waals surface area contributed by atoms with E-state index in [4.69, 9.17) is 9.47 Å². The van der Waals surface area contributed by atoms with Gasteiger partial charge in [0.1, 0.15) is 22.8 Å². The average molecular weight is 314 g/mol. The SMILES string of the molecule is CC(=O)O[C@@H]1C(=O)c2c(O)cc(O)cc2O[C@H]1c1ccccc1. The van der Waals surface area contributed by atoms with Gasteiger partial charge in [-0.2, -0.15) is 0 Å². The summed E-state index contributed by atoms with van der Waals surface area (Å²) >= 11 is 0. The van der Waals surface area contributed by atoms with Gasteiger partial charge in [0.05, 0.1) is 0 Å². The van der Waals surface area contributed by atoms with Crippen LogP contribution in [-0.2, 0) is 9.53 Å². The molecule has 3 rings (SSSR count). The number of phenolic OH excluding ortho intramolecular Hbond substituents is 2. The molecule has 0 amide bonds. The number of esters is 1. The van der Waals surface area contributed by atoms with Crippen molar-refractivity contribution in [3.8, 4) is 17.2 Å². The second-order valence-electron chi connectivity index (χ2n) is 5.18. The number of Topliss-reactive ketones (excluding diaryl/α,β-unsaturated/α-hetero) is 1. The van der Waals surface area contributed by atoms with Gasteiger partial charge in [-0.15, -0.1) is 0 Å². The Labute approximate surface area is 131 Å². The summed E-state index contributed by atoms with van der Waals surface area (Å²) in [5, 5.41) is 19.5. The third-order valence-corrected chi connectivity index (χ3v) is 3.52. The molecular formula is C17H14O6. The highest BCUT2D eigenvalue weighted by molar-refractivity contribution is 6.06. The number of aromatic hydroxyl groups is 2. The Morgan fingerprint density at radius 3 is 2.52 bits per heavy atom. The third kappa shape index (κ3) is 2.70. The highest BCUT2D eigenvalue weighted by Crippen LogP contribution is 2.42. The van der Waals surface area contributed by atoms with Crippen molar-refractivity contribution in [1.82, 2.24) is 0 Å². The number of phenols is 2. The van der Waals surface area contributed by atoms with Crippen molar-refractivity contribution in [2.75, 3.05) is 0 Å². The summed E-state index contributed by atoms with van der Waals surface area (Å²) in [6, 6.07) is 11.1. The van der Waals surface area contributed by atoms with Crippen LogP contribution >= 0.6 is 0 Å². The maximum absolute atomic E-state index is 12.7. The fourth-order valence-corrected chi connectivity index (χ4v) is 2.59. The maximum Gasteiger partial charge on any atom is 0.303 e. The summed E-state index contributed by atoms with van der Waals surface area (Å²) in [4.78, 5) is 24.0. The fourth-order valence-electron chi connectivity index (χ4n) is 2.59. The van der Waals surface area contributed by atoms with Gasteiger partial charge in [-0.3, -0.25) is 9.59 Å². The molecule has 0 aliphatic carbocycles. The molecule has 2 aromatic carbocycles. The number of carbonyl (C=O) groups is 2. The number of hydrogen-bond acceptors (Lipinski definition) is 6. The molecule has 2 N–H and O–H groups in total. The molecule has 0 saturated heterocycles. The van der Waals surface area contributed by atoms with Gasteiger partial charge in [-0.25, -0.2) is 0 Å². The van der Waals surface area contributed by atoms with Gasteiger partial charge in [0, 0.05) is 19.1 Å². The maximum atomic E-state index is 12.7. The molecule has 0 aromatic heterocycles. The van der Waals surface area contributed by atoms with Gasteiger partial charge >= 0.3 is 5.97 Å². The number of rotatable bonds is 2. The first-order valence-corrected chi connectivity index (χ1v) is 6.96. The van der Waals surface area contributed by atoms with Gasteiger partial charge in [-0.1, -0.05) is 30.3 Å². The van der Waals surface area contributed by atoms with E-state index in [2.05, 4.69) is 0 Å². The van der Waals surface area contributed by atoms with Crippen molar-refractivity contribution in [3.63, 3.8) is 0 Å². The zero-order chi connectivity index (χ0) is 16.6. The number of fused-ring (bicyclic) bond motifs is 1. The van der Waals surface area contributed by atoms with E-state index in [1.165, 1.54) is 13.0 Å². The predicted octanol–water partition coefficient (Wildman–Crippen LogP) is 2.35. The molecule has 6 nitrogen and oxygen atoms in total. The summed E-state index contributed by atoms with van der Waals surface area (Å²) in [6.07, 6.45) is -2.07. The summed E-state index contributed by atoms with van der Waals surface area (Å²) in [5.74, 6) is -1.81. The van der Waals surface area contributed by atoms with Crippen LogP contribution in [0.3, 0.4) is 0 Å². The van der Waals surface area contributed by atoms with E-state index in [1.54, 1.807) is 30.3 Å². The molecule has 0 unspecified atom stereocenters. The first-order chi connectivity index (χ1) is 11.0. The monoisotopic (exact) mass is 314 g/mol. The number of carbonyl (C=O) groups excluding carboxylic acids is 2. The van der Waals surface area contributed by atoms with Crippen LogP contribution in [0.4, 0.5) is 0 Å². The highest BCUT2D eigenvalue weighted by Gasteiger charge is 2.42. The quantitative estimate of drug-likeness (QED) is 0.827. The summed E-state index contributed by atoms with van der Waals surface area (Å²) in [5.41, 5.74) is 0.529. The topological polar surface area (TPSA) is 93.1 Å². The van der Waals surface area contributed by atoms with Crippen LogP contribution in [0.15, 0.2) is 42.5 Å². The average Bonchev–Trinajstić information content (AvgIpc) is 2.49. The smallest absolute Gasteiger partial charge is 0.303 e. The van der Waals surface area contributed by atoms with Gasteiger partial charge in [0.15, 0.2) is 6.10 Å². The van der Waals surface area contributed by atoms with Gasteiger partial charge in [0.25, 0.3) is 0 Å². The molecule has 2 aromatic rings. The predicted molar refractivity (Wildman–Crippen MR) is 79.5 cm³/mol. The number of hydrogen-bond donors (Lipinski definition) is 2. The minimum absolute atomic E-state index is 0.0461. The van der Waals surface area contributed by atoms with Crippen LogP contribution in [0.25, 0.3) is 0 Å². The van der Waals surface area contributed by atoms with Crippen LogP contribution in [0.5, 0.6) is 17.2 Å². The van der Waals surface area contributed by atoms with E-state index in [1.807, 2.05) is 0 Å². The minimum atomic E-state index is -1.21. The normalized spacial score (nSPS) is 19.6. The Morgan fingerprint density at radius 2 is 1.87 bits per heavy atom. The van der Waals surface area contributed by atoms with Crippen molar-refractivity contribution in [1.29, 1.82) is 0 Å². The molecule has 2 atom stereocenters. The van der Waals surface area contributed by atoms with Crippen LogP contribution in [0, 0.1) is 0 Å². The first kappa shape index (κ1) is 14.9. The van der Waals surface area contributed by atoms with Crippen LogP contribution in [-0.4, -0.2) is 28.1 Å². The molecular weight excluding hydrogens is 300 g/mol. The standard InChI is InChI=1S/C17H14O6/c1-9(18)22-17-15(21)14-12(20)7-11(19)8-13(14)23-16(17)10-5-3-2-4-6-10/h2-8,16-17,19-20H,1H3/t16-,17+/m0/s1. The van der Waals surface area contributed by atoms with E-state index in [0.29, 0.717) is 5.56 Å². The number of ketones is 1. The summed E-state index contributed by atoms with van der Waals surface area (Å²) < 4.78 is 10.9. The second kappa shape index (κ2) is 5.64. The molecule has 1 aliphatic heterocycles. The molecule has 1 aliphatic rings. The Hall–Kier alpha value is -3.02. The molecule has 0 radical (unpaired) electrons. The Bertz CT molecular complexity index is 768. The summed E-state index contributed by atoms with van der Waals surface area (Å²) in [6.45, 7) is 1.20. The molecule has 0 spiro atoms. The van der Waals surface area contributed by atoms with Gasteiger partial charge < -0.3 is 19.7 Å². The van der Waals surface area contributed by atoms with E-state index in [0.717, 1.165) is 6.07 Å². The number of ether oxygens (including phenoxy) is 2. The Balaban J connectivity index is 2.11. The van der Waals surface area contributed by atoms with Crippen molar-refractivity contribution in [2.45, 2.75) is 19.1 Å². The summed E-state index contributed by atoms with van der Waals surface area (Å²) in [7, 11) is 0. The van der Waals surface area contributed by atoms with Crippen molar-refractivity contribution >= 4 is 11.8 Å². The van der Waals surface area contributed by atoms with Crippen molar-refractivity contribution in [3.05, 3.63) is 53.6 Å². The lowest BCUT2D eigenvalue weighted by molar-refractivity contribution is -0.148. The molecule has 118 valence electrons. The molecule has 0 fully saturated rings. The fraction of sp³-hybridized carbons (Fsp3) is 0.176. The number of benzene rings is 2. The Morgan fingerprint density at radius 1 is 1.17 bits per heavy atom. The lowest BCUT2D eigenvalue weighted by Crippen LogP contribution is -2.39. The Kier molecular flexibility index (Phi) is 3.65. The van der Waals surface area contributed by atoms with Crippen molar-refractivity contribution < 1.29 is 29.3 Å². The second-order valence-corrected chi connectivity index (χ2v) is 5.18. The minimum Gasteiger partial charge on any atom is -0.508 e. The highest BCUT2D eigenvalue weighted by atomic mass is 16.6. The lowest BCUT2D eigenvalue weighted by atomic mass is 9.92. The molecule has 0 saturated carbocycles. The van der Waals surface area contributed by atoms with E-state index >= 15 is 0 Å². The molecule has 23 heavy (non-hydrogen) atoms. The van der Waals surface area contributed by atoms with E-state index in [9.17, 15) is 19.8 Å². The molecule has 0 bridgehead atoms. The first-order valence-electron chi connectivity index (χ1n) is 6.96. The largest absolute Gasteiger partial charge is 0.508 e. The van der Waals surface area contributed by atoms with Gasteiger partial charge in [0.2, 0.25) is 11.9 Å². The van der Waals surface area contributed by atoms with Gasteiger partial charge in [-0.05, 0) is 5.56 Å². The molecule has 6 heteroatoms. The van der Waals surface area contributed by atoms with Crippen LogP contribution in [0.1, 0.15) is 28.9 Å². The molecule has 1 heterocycles. The zero-order valence-corrected chi connectivity index (χ0v) is 12.2. The van der Waals surface area contributed by atoms with E-state index < -0.39 is 29.7 Å².